The van der Waals surface area contributed by atoms with E-state index in [2.05, 4.69) is 6.58 Å². The zero-order valence-electron chi connectivity index (χ0n) is 18.1. The molecule has 7 heteroatoms. The number of esters is 1. The second-order valence-corrected chi connectivity index (χ2v) is 10.9. The van der Waals surface area contributed by atoms with Crippen LogP contribution >= 0.6 is 0 Å². The monoisotopic (exact) mass is 428 g/mol. The predicted octanol–water partition coefficient (Wildman–Crippen LogP) is 4.19. The average Bonchev–Trinajstić information content (AvgIpc) is 2.96. The van der Waals surface area contributed by atoms with Gasteiger partial charge in [0.1, 0.15) is 5.78 Å². The number of ether oxygens (including phenoxy) is 1. The number of ketones is 1. The molecule has 0 unspecified atom stereocenters. The Morgan fingerprint density at radius 2 is 1.69 bits per heavy atom. The minimum Gasteiger partial charge on any atom is -0.462 e. The van der Waals surface area contributed by atoms with Crippen molar-refractivity contribution in [1.29, 1.82) is 0 Å². The third-order valence-electron chi connectivity index (χ3n) is 6.95. The molecule has 6 nitrogen and oxygen atoms in total. The number of Topliss-reactive ketones (excluding diaryl/α,β-unsaturated/α-hetero) is 1. The Hall–Kier alpha value is -1.21. The van der Waals surface area contributed by atoms with Gasteiger partial charge >= 0.3 is 5.97 Å². The highest BCUT2D eigenvalue weighted by Gasteiger charge is 2.65. The Labute approximate surface area is 175 Å². The van der Waals surface area contributed by atoms with Crippen LogP contribution < -0.4 is 0 Å². The Morgan fingerprint density at radius 1 is 1.10 bits per heavy atom. The Balaban J connectivity index is 1.59. The first-order valence-corrected chi connectivity index (χ1v) is 12.3. The summed E-state index contributed by atoms with van der Waals surface area (Å²) in [4.78, 5) is 23.7. The van der Waals surface area contributed by atoms with Crippen LogP contribution in [0.4, 0.5) is 0 Å². The van der Waals surface area contributed by atoms with Gasteiger partial charge in [0, 0.05) is 12.0 Å². The SMILES string of the molecule is C=C(C)C(=O)OCCCCCCCCOS(=O)(=O)C[C@]12CC[C@H](CC1=O)C2(C)C. The van der Waals surface area contributed by atoms with Crippen molar-refractivity contribution in [2.45, 2.75) is 78.6 Å². The van der Waals surface area contributed by atoms with Crippen LogP contribution in [0.3, 0.4) is 0 Å². The molecule has 0 aromatic rings. The smallest absolute Gasteiger partial charge is 0.333 e. The lowest BCUT2D eigenvalue weighted by molar-refractivity contribution is -0.139. The van der Waals surface area contributed by atoms with Gasteiger partial charge in [-0.1, -0.05) is 46.1 Å². The van der Waals surface area contributed by atoms with Crippen LogP contribution in [-0.4, -0.2) is 39.1 Å². The normalized spacial score (nSPS) is 25.3. The molecular weight excluding hydrogens is 392 g/mol. The average molecular weight is 429 g/mol. The molecule has 0 N–H and O–H groups in total. The molecule has 0 aromatic carbocycles. The van der Waals surface area contributed by atoms with E-state index in [1.807, 2.05) is 13.8 Å². The van der Waals surface area contributed by atoms with Gasteiger partial charge in [0.15, 0.2) is 0 Å². The Kier molecular flexibility index (Phi) is 8.08. The van der Waals surface area contributed by atoms with E-state index in [1.165, 1.54) is 0 Å². The molecule has 2 atom stereocenters. The third-order valence-corrected chi connectivity index (χ3v) is 8.32. The number of carbonyl (C=O) groups is 2. The van der Waals surface area contributed by atoms with Gasteiger partial charge in [-0.15, -0.1) is 0 Å². The first-order chi connectivity index (χ1) is 13.5. The first kappa shape index (κ1) is 24.1. The lowest BCUT2D eigenvalue weighted by Crippen LogP contribution is -2.42. The number of rotatable bonds is 13. The van der Waals surface area contributed by atoms with Crippen LogP contribution in [0.5, 0.6) is 0 Å². The van der Waals surface area contributed by atoms with Crippen LogP contribution in [0.2, 0.25) is 0 Å². The summed E-state index contributed by atoms with van der Waals surface area (Å²) in [6.07, 6.45) is 7.43. The molecule has 166 valence electrons. The van der Waals surface area contributed by atoms with Crippen molar-refractivity contribution in [3.63, 3.8) is 0 Å². The van der Waals surface area contributed by atoms with E-state index >= 15 is 0 Å². The molecule has 2 fully saturated rings. The van der Waals surface area contributed by atoms with Gasteiger partial charge in [-0.25, -0.2) is 4.79 Å². The van der Waals surface area contributed by atoms with Gasteiger partial charge in [0.2, 0.25) is 0 Å². The predicted molar refractivity (Wildman–Crippen MR) is 112 cm³/mol. The lowest BCUT2D eigenvalue weighted by atomic mass is 9.70. The maximum atomic E-state index is 12.5. The van der Waals surface area contributed by atoms with Gasteiger partial charge in [0.25, 0.3) is 10.1 Å². The summed E-state index contributed by atoms with van der Waals surface area (Å²) in [5.74, 6) is -0.126. The van der Waals surface area contributed by atoms with Gasteiger partial charge in [-0.05, 0) is 43.9 Å². The van der Waals surface area contributed by atoms with Crippen LogP contribution in [0.15, 0.2) is 12.2 Å². The minimum absolute atomic E-state index is 0.0971. The number of fused-ring (bicyclic) bond motifs is 2. The highest BCUT2D eigenvalue weighted by Crippen LogP contribution is 2.64. The van der Waals surface area contributed by atoms with Gasteiger partial charge in [-0.2, -0.15) is 8.42 Å². The first-order valence-electron chi connectivity index (χ1n) is 10.7. The van der Waals surface area contributed by atoms with Gasteiger partial charge in [0.05, 0.1) is 24.4 Å². The van der Waals surface area contributed by atoms with E-state index in [4.69, 9.17) is 8.92 Å². The molecule has 2 rings (SSSR count). The van der Waals surface area contributed by atoms with E-state index in [9.17, 15) is 18.0 Å². The summed E-state index contributed by atoms with van der Waals surface area (Å²) < 4.78 is 35.2. The summed E-state index contributed by atoms with van der Waals surface area (Å²) in [5.41, 5.74) is -0.614. The number of hydrogen-bond donors (Lipinski definition) is 0. The topological polar surface area (TPSA) is 86.7 Å². The molecule has 2 bridgehead atoms. The summed E-state index contributed by atoms with van der Waals surface area (Å²) in [6, 6.07) is 0. The standard InChI is InChI=1S/C22H36O6S/c1-17(2)20(24)27-13-9-7-5-6-8-10-14-28-29(25,26)16-22-12-11-18(15-19(22)23)21(22,3)4/h18H,1,5-16H2,2-4H3/t18-,22-/m1/s1. The van der Waals surface area contributed by atoms with Crippen molar-refractivity contribution in [2.24, 2.45) is 16.7 Å². The molecular formula is C22H36O6S. The Bertz CT molecular complexity index is 724. The molecule has 2 aliphatic carbocycles. The van der Waals surface area contributed by atoms with Crippen molar-refractivity contribution < 1.29 is 26.9 Å². The molecule has 0 aromatic heterocycles. The van der Waals surface area contributed by atoms with Crippen LogP contribution in [0, 0.1) is 16.7 Å². The molecule has 0 saturated heterocycles. The highest BCUT2D eigenvalue weighted by atomic mass is 32.2. The van der Waals surface area contributed by atoms with Crippen LogP contribution in [0.25, 0.3) is 0 Å². The second kappa shape index (κ2) is 9.73. The number of carbonyl (C=O) groups excluding carboxylic acids is 2. The molecule has 0 aliphatic heterocycles. The van der Waals surface area contributed by atoms with E-state index in [0.29, 0.717) is 37.4 Å². The second-order valence-electron chi connectivity index (χ2n) is 9.23. The fraction of sp³-hybridized carbons (Fsp3) is 0.818. The molecule has 0 amide bonds. The number of hydrogen-bond acceptors (Lipinski definition) is 6. The third kappa shape index (κ3) is 5.69. The Morgan fingerprint density at radius 3 is 2.21 bits per heavy atom. The van der Waals surface area contributed by atoms with Gasteiger partial charge < -0.3 is 4.74 Å². The van der Waals surface area contributed by atoms with E-state index in [-0.39, 0.29) is 29.5 Å². The summed E-state index contributed by atoms with van der Waals surface area (Å²) in [6.45, 7) is 9.80. The zero-order chi connectivity index (χ0) is 21.7. The summed E-state index contributed by atoms with van der Waals surface area (Å²) in [7, 11) is -3.71. The molecule has 0 heterocycles. The molecule has 0 spiro atoms. The fourth-order valence-electron chi connectivity index (χ4n) is 4.84. The van der Waals surface area contributed by atoms with Crippen LogP contribution in [-0.2, 0) is 28.6 Å². The highest BCUT2D eigenvalue weighted by molar-refractivity contribution is 7.86. The zero-order valence-corrected chi connectivity index (χ0v) is 18.9. The maximum absolute atomic E-state index is 12.5. The van der Waals surface area contributed by atoms with Crippen molar-refractivity contribution in [3.8, 4) is 0 Å². The fourth-order valence-corrected chi connectivity index (χ4v) is 6.57. The van der Waals surface area contributed by atoms with Crippen molar-refractivity contribution in [3.05, 3.63) is 12.2 Å². The minimum atomic E-state index is -3.71. The molecule has 0 radical (unpaired) electrons. The van der Waals surface area contributed by atoms with Crippen LogP contribution in [0.1, 0.15) is 78.6 Å². The van der Waals surface area contributed by atoms with Crippen molar-refractivity contribution >= 4 is 21.9 Å². The van der Waals surface area contributed by atoms with E-state index < -0.39 is 15.5 Å². The maximum Gasteiger partial charge on any atom is 0.333 e. The molecule has 2 saturated carbocycles. The molecule has 29 heavy (non-hydrogen) atoms. The summed E-state index contributed by atoms with van der Waals surface area (Å²) in [5, 5.41) is 0. The van der Waals surface area contributed by atoms with E-state index in [1.54, 1.807) is 6.92 Å². The largest absolute Gasteiger partial charge is 0.462 e. The summed E-state index contributed by atoms with van der Waals surface area (Å²) >= 11 is 0. The van der Waals surface area contributed by atoms with Crippen molar-refractivity contribution in [1.82, 2.24) is 0 Å². The van der Waals surface area contributed by atoms with Crippen molar-refractivity contribution in [2.75, 3.05) is 19.0 Å². The molecule has 2 aliphatic rings. The lowest BCUT2D eigenvalue weighted by Gasteiger charge is -2.35. The quantitative estimate of drug-likeness (QED) is 0.189. The van der Waals surface area contributed by atoms with E-state index in [0.717, 1.165) is 38.5 Å². The van der Waals surface area contributed by atoms with Gasteiger partial charge in [-0.3, -0.25) is 8.98 Å². The number of unbranched alkanes of at least 4 members (excludes halogenated alkanes) is 5.